The molecule has 10 heteroatoms. The van der Waals surface area contributed by atoms with Gasteiger partial charge in [-0.15, -0.1) is 0 Å². The van der Waals surface area contributed by atoms with Crippen molar-refractivity contribution in [3.05, 3.63) is 126 Å². The van der Waals surface area contributed by atoms with Gasteiger partial charge in [0.25, 0.3) is 5.56 Å². The lowest BCUT2D eigenvalue weighted by atomic mass is 9.95. The third kappa shape index (κ3) is 6.47. The van der Waals surface area contributed by atoms with Crippen molar-refractivity contribution in [2.45, 2.75) is 33.4 Å². The summed E-state index contributed by atoms with van der Waals surface area (Å²) in [5.41, 5.74) is 4.52. The molecule has 6 nitrogen and oxygen atoms in total. The van der Waals surface area contributed by atoms with E-state index in [1.807, 2.05) is 73.7 Å². The smallest absolute Gasteiger partial charge is 0.338 e. The Hall–Kier alpha value is -2.48. The van der Waals surface area contributed by atoms with E-state index >= 15 is 0 Å². The number of halogens is 3. The van der Waals surface area contributed by atoms with Gasteiger partial charge in [-0.2, -0.15) is 0 Å². The Kier molecular flexibility index (Phi) is 9.37. The van der Waals surface area contributed by atoms with Gasteiger partial charge < -0.3 is 9.47 Å². The van der Waals surface area contributed by atoms with Gasteiger partial charge >= 0.3 is 5.97 Å². The van der Waals surface area contributed by atoms with Gasteiger partial charge in [0.15, 0.2) is 4.80 Å². The number of rotatable bonds is 7. The van der Waals surface area contributed by atoms with Crippen molar-refractivity contribution < 1.29 is 14.3 Å². The van der Waals surface area contributed by atoms with Crippen LogP contribution in [0, 0.1) is 14.1 Å². The molecule has 1 aliphatic heterocycles. The van der Waals surface area contributed by atoms with E-state index in [1.165, 1.54) is 11.3 Å². The fourth-order valence-electron chi connectivity index (χ4n) is 4.54. The van der Waals surface area contributed by atoms with Crippen LogP contribution >= 0.6 is 68.1 Å². The first-order valence-corrected chi connectivity index (χ1v) is 16.1. The van der Waals surface area contributed by atoms with Gasteiger partial charge in [0.05, 0.1) is 35.6 Å². The molecule has 0 aliphatic carbocycles. The Balaban J connectivity index is 1.54. The van der Waals surface area contributed by atoms with Gasteiger partial charge in [0.1, 0.15) is 12.4 Å². The number of aromatic nitrogens is 1. The molecular weight excluding hydrogens is 786 g/mol. The van der Waals surface area contributed by atoms with E-state index in [0.29, 0.717) is 32.2 Å². The molecule has 0 radical (unpaired) electrons. The van der Waals surface area contributed by atoms with E-state index in [1.54, 1.807) is 18.4 Å². The number of thiazole rings is 1. The van der Waals surface area contributed by atoms with Gasteiger partial charge in [-0.3, -0.25) is 9.36 Å². The van der Waals surface area contributed by atoms with E-state index < -0.39 is 12.0 Å². The van der Waals surface area contributed by atoms with Crippen molar-refractivity contribution in [3.8, 4) is 5.75 Å². The van der Waals surface area contributed by atoms with E-state index in [0.717, 1.165) is 35.1 Å². The lowest BCUT2D eigenvalue weighted by Crippen LogP contribution is -2.39. The summed E-state index contributed by atoms with van der Waals surface area (Å²) in [4.78, 5) is 32.2. The van der Waals surface area contributed by atoms with Crippen molar-refractivity contribution in [2.24, 2.45) is 4.99 Å². The molecule has 0 unspecified atom stereocenters. The lowest BCUT2D eigenvalue weighted by molar-refractivity contribution is -0.139. The van der Waals surface area contributed by atoms with E-state index in [9.17, 15) is 9.59 Å². The molecular formula is C31H25ClI2N2O4S. The summed E-state index contributed by atoms with van der Waals surface area (Å²) in [6, 6.07) is 18.8. The fourth-order valence-corrected chi connectivity index (χ4v) is 7.84. The summed E-state index contributed by atoms with van der Waals surface area (Å²) < 4.78 is 15.5. The molecule has 0 N–H and O–H groups in total. The van der Waals surface area contributed by atoms with Crippen LogP contribution in [0.15, 0.2) is 81.7 Å². The van der Waals surface area contributed by atoms with Gasteiger partial charge in [0.2, 0.25) is 0 Å². The average molecular weight is 811 g/mol. The van der Waals surface area contributed by atoms with Crippen molar-refractivity contribution in [1.29, 1.82) is 0 Å². The van der Waals surface area contributed by atoms with Crippen LogP contribution < -0.4 is 19.6 Å². The monoisotopic (exact) mass is 810 g/mol. The second-order valence-electron chi connectivity index (χ2n) is 9.44. The average Bonchev–Trinajstić information content (AvgIpc) is 3.23. The first-order chi connectivity index (χ1) is 19.7. The highest BCUT2D eigenvalue weighted by Gasteiger charge is 2.33. The van der Waals surface area contributed by atoms with E-state index in [4.69, 9.17) is 21.1 Å². The maximum Gasteiger partial charge on any atom is 0.338 e. The molecule has 0 spiro atoms. The zero-order valence-electron chi connectivity index (χ0n) is 22.4. The summed E-state index contributed by atoms with van der Waals surface area (Å²) in [5.74, 6) is 0.320. The van der Waals surface area contributed by atoms with Crippen molar-refractivity contribution in [1.82, 2.24) is 4.57 Å². The fraction of sp³-hybridized carbons (Fsp3) is 0.194. The SMILES string of the molecule is CCOC(=O)C1=C(C)N=c2s/c(=C/c3cc(I)c(OCc4ccc(Cl)cc4)c(I)c3)c(=O)n2[C@@H]1c1ccc(C)cc1. The van der Waals surface area contributed by atoms with Gasteiger partial charge in [-0.1, -0.05) is 64.9 Å². The van der Waals surface area contributed by atoms with Crippen LogP contribution in [-0.2, 0) is 16.1 Å². The molecule has 2 heterocycles. The molecule has 1 atom stereocenters. The van der Waals surface area contributed by atoms with E-state index in [2.05, 4.69) is 50.2 Å². The number of carbonyl (C=O) groups excluding carboxylic acids is 1. The highest BCUT2D eigenvalue weighted by molar-refractivity contribution is 14.1. The normalized spacial score (nSPS) is 15.0. The number of aryl methyl sites for hydroxylation is 1. The summed E-state index contributed by atoms with van der Waals surface area (Å²) in [5, 5.41) is 0.685. The standard InChI is InChI=1S/C31H25ClI2N2O4S/c1-4-39-30(38)26-18(3)35-31-36(27(26)21-9-5-17(2)6-10-21)29(37)25(41-31)15-20-13-23(33)28(24(34)14-20)40-16-19-7-11-22(32)12-8-19/h5-15,27H,4,16H2,1-3H3/b25-15+/t27-/m1/s1. The third-order valence-corrected chi connectivity index (χ3v) is 9.36. The first kappa shape index (κ1) is 30.0. The Morgan fingerprint density at radius 3 is 2.37 bits per heavy atom. The number of nitrogens with zero attached hydrogens (tertiary/aromatic N) is 2. The zero-order valence-corrected chi connectivity index (χ0v) is 28.3. The third-order valence-electron chi connectivity index (χ3n) is 6.52. The quantitative estimate of drug-likeness (QED) is 0.157. The predicted molar refractivity (Wildman–Crippen MR) is 179 cm³/mol. The molecule has 4 aromatic rings. The molecule has 0 saturated carbocycles. The second kappa shape index (κ2) is 12.8. The van der Waals surface area contributed by atoms with Crippen LogP contribution in [0.4, 0.5) is 0 Å². The molecule has 5 rings (SSSR count). The number of benzene rings is 3. The maximum atomic E-state index is 13.9. The minimum Gasteiger partial charge on any atom is -0.487 e. The lowest BCUT2D eigenvalue weighted by Gasteiger charge is -2.24. The topological polar surface area (TPSA) is 69.9 Å². The van der Waals surface area contributed by atoms with Crippen LogP contribution in [0.2, 0.25) is 5.02 Å². The maximum absolute atomic E-state index is 13.9. The summed E-state index contributed by atoms with van der Waals surface area (Å²) >= 11 is 11.8. The first-order valence-electron chi connectivity index (χ1n) is 12.8. The Bertz CT molecular complexity index is 1820. The summed E-state index contributed by atoms with van der Waals surface area (Å²) in [6.45, 7) is 6.21. The molecule has 0 saturated heterocycles. The Morgan fingerprint density at radius 1 is 1.07 bits per heavy atom. The number of esters is 1. The van der Waals surface area contributed by atoms with Gasteiger partial charge in [-0.25, -0.2) is 9.79 Å². The second-order valence-corrected chi connectivity index (χ2v) is 13.2. The number of allylic oxidation sites excluding steroid dienone is 1. The Morgan fingerprint density at radius 2 is 1.73 bits per heavy atom. The summed E-state index contributed by atoms with van der Waals surface area (Å²) in [7, 11) is 0. The Labute approximate surface area is 273 Å². The molecule has 0 amide bonds. The van der Waals surface area contributed by atoms with Gasteiger partial charge in [0, 0.05) is 5.02 Å². The number of hydrogen-bond donors (Lipinski definition) is 0. The molecule has 3 aromatic carbocycles. The van der Waals surface area contributed by atoms with E-state index in [-0.39, 0.29) is 12.2 Å². The van der Waals surface area contributed by atoms with Crippen LogP contribution in [-0.4, -0.2) is 17.1 Å². The molecule has 0 fully saturated rings. The van der Waals surface area contributed by atoms with Crippen molar-refractivity contribution in [3.63, 3.8) is 0 Å². The minimum atomic E-state index is -0.628. The number of fused-ring (bicyclic) bond motifs is 1. The number of hydrogen-bond acceptors (Lipinski definition) is 6. The van der Waals surface area contributed by atoms with Crippen LogP contribution in [0.1, 0.15) is 42.1 Å². The zero-order chi connectivity index (χ0) is 29.3. The molecule has 1 aliphatic rings. The highest BCUT2D eigenvalue weighted by Crippen LogP contribution is 2.32. The predicted octanol–water partition coefficient (Wildman–Crippen LogP) is 6.55. The van der Waals surface area contributed by atoms with Crippen LogP contribution in [0.3, 0.4) is 0 Å². The summed E-state index contributed by atoms with van der Waals surface area (Å²) in [6.07, 6.45) is 1.87. The van der Waals surface area contributed by atoms with Crippen molar-refractivity contribution >= 4 is 80.2 Å². The van der Waals surface area contributed by atoms with Gasteiger partial charge in [-0.05, 0) is 113 Å². The molecule has 41 heavy (non-hydrogen) atoms. The molecule has 0 bridgehead atoms. The highest BCUT2D eigenvalue weighted by atomic mass is 127. The molecule has 1 aromatic heterocycles. The van der Waals surface area contributed by atoms with Crippen molar-refractivity contribution in [2.75, 3.05) is 6.61 Å². The van der Waals surface area contributed by atoms with Crippen LogP contribution in [0.5, 0.6) is 5.75 Å². The largest absolute Gasteiger partial charge is 0.487 e. The molecule has 210 valence electrons. The minimum absolute atomic E-state index is 0.207. The number of ether oxygens (including phenoxy) is 2. The number of carbonyl (C=O) groups is 1. The van der Waals surface area contributed by atoms with Crippen LogP contribution in [0.25, 0.3) is 6.08 Å².